The SMILES string of the molecule is C=CCOP(=O)(OCCC#N)O[C@H]1[C@@H](F)[C@H](n2cnc3c(NC(=O)c4ccccc4)ncnc32)O[C@@H]1COC(OCCC#N)[C@H]1O[C@@H](n2cnc3c(NC(=O)c4ccccc4)ncnc32)[C@H](F)[C@@H]1O. The summed E-state index contributed by atoms with van der Waals surface area (Å²) in [5.74, 6) is -1.00. The van der Waals surface area contributed by atoms with Crippen molar-refractivity contribution in [1.29, 1.82) is 10.5 Å². The van der Waals surface area contributed by atoms with Crippen LogP contribution in [0.5, 0.6) is 0 Å². The van der Waals surface area contributed by atoms with Gasteiger partial charge in [0.1, 0.15) is 37.1 Å². The Morgan fingerprint density at radius 1 is 0.797 bits per heavy atom. The molecule has 2 saturated heterocycles. The molecule has 6 heterocycles. The number of hydrogen-bond acceptors (Lipinski definition) is 19. The van der Waals surface area contributed by atoms with Crippen LogP contribution in [0.1, 0.15) is 46.0 Å². The van der Waals surface area contributed by atoms with Crippen molar-refractivity contribution >= 4 is 53.6 Å². The summed E-state index contributed by atoms with van der Waals surface area (Å²) in [6.07, 6.45) is -10.9. The molecule has 26 heteroatoms. The molecule has 69 heavy (non-hydrogen) atoms. The quantitative estimate of drug-likeness (QED) is 0.0374. The van der Waals surface area contributed by atoms with Crippen LogP contribution in [0.2, 0.25) is 0 Å². The molecule has 0 spiro atoms. The van der Waals surface area contributed by atoms with Crippen molar-refractivity contribution in [3.8, 4) is 12.1 Å². The first-order valence-corrected chi connectivity index (χ1v) is 22.5. The molecular weight excluding hydrogens is 930 g/mol. The maximum Gasteiger partial charge on any atom is 0.475 e. The highest BCUT2D eigenvalue weighted by Gasteiger charge is 2.54. The van der Waals surface area contributed by atoms with E-state index in [4.69, 9.17) is 37.8 Å². The zero-order valence-corrected chi connectivity index (χ0v) is 36.9. The Morgan fingerprint density at radius 2 is 1.35 bits per heavy atom. The molecule has 2 aromatic carbocycles. The summed E-state index contributed by atoms with van der Waals surface area (Å²) in [6, 6.07) is 20.3. The number of nitrogens with one attached hydrogen (secondary N) is 2. The van der Waals surface area contributed by atoms with Crippen molar-refractivity contribution in [2.45, 2.75) is 68.3 Å². The van der Waals surface area contributed by atoms with Gasteiger partial charge in [0.15, 0.2) is 65.1 Å². The van der Waals surface area contributed by atoms with Crippen molar-refractivity contribution in [2.75, 3.05) is 37.1 Å². The van der Waals surface area contributed by atoms with Crippen LogP contribution in [0.15, 0.2) is 98.6 Å². The number of aliphatic hydroxyl groups excluding tert-OH is 1. The van der Waals surface area contributed by atoms with Crippen LogP contribution in [0.4, 0.5) is 20.4 Å². The Morgan fingerprint density at radius 3 is 1.90 bits per heavy atom. The van der Waals surface area contributed by atoms with E-state index < -0.39 is 88.4 Å². The van der Waals surface area contributed by atoms with E-state index in [0.717, 1.165) is 12.7 Å². The third kappa shape index (κ3) is 10.7. The smallest absolute Gasteiger partial charge is 0.387 e. The summed E-state index contributed by atoms with van der Waals surface area (Å²) in [5, 5.41) is 35.1. The van der Waals surface area contributed by atoms with E-state index in [1.807, 2.05) is 12.1 Å². The van der Waals surface area contributed by atoms with Gasteiger partial charge in [-0.05, 0) is 24.3 Å². The number of imidazole rings is 2. The minimum Gasteiger partial charge on any atom is -0.387 e. The second kappa shape index (κ2) is 21.9. The van der Waals surface area contributed by atoms with Gasteiger partial charge >= 0.3 is 7.82 Å². The number of phosphoric acid groups is 1. The topological polar surface area (TPSA) is 295 Å². The van der Waals surface area contributed by atoms with Gasteiger partial charge in [-0.2, -0.15) is 10.5 Å². The summed E-state index contributed by atoms with van der Waals surface area (Å²) < 4.78 is 90.3. The van der Waals surface area contributed by atoms with Gasteiger partial charge in [0.25, 0.3) is 11.8 Å². The van der Waals surface area contributed by atoms with E-state index >= 15 is 8.78 Å². The van der Waals surface area contributed by atoms with Crippen LogP contribution >= 0.6 is 7.82 Å². The van der Waals surface area contributed by atoms with Crippen molar-refractivity contribution in [3.05, 3.63) is 110 Å². The standard InChI is InChI=1S/C43H41F2N12O11P/c1-2-17-64-69(61,65-19-10-16-47)68-33-27(66-42(29(33)45)57-24-53-31-36(49-22-51-38(31)57)55-40(60)26-13-7-4-8-14-26)20-63-43(62-18-9-15-46)34-32(58)28(44)41(67-34)56-23-52-30-35(48-21-50-37(30)56)54-39(59)25-11-5-3-6-12-25/h2-8,11-14,21-24,27-29,32-34,41-43,58H,1,9-10,17-20H2,(H,48,50,54,59)(H,49,51,55,60)/t27-,28-,29-,32+,33-,34+,41-,42-,43?,69?/m1/s1. The van der Waals surface area contributed by atoms with Gasteiger partial charge in [-0.1, -0.05) is 42.5 Å². The third-order valence-corrected chi connectivity index (χ3v) is 12.0. The average Bonchev–Trinajstić information content (AvgIpc) is 4.14. The number of halogens is 2. The lowest BCUT2D eigenvalue weighted by Gasteiger charge is -2.28. The molecule has 0 radical (unpaired) electrons. The predicted molar refractivity (Wildman–Crippen MR) is 234 cm³/mol. The largest absolute Gasteiger partial charge is 0.475 e. The number of anilines is 2. The summed E-state index contributed by atoms with van der Waals surface area (Å²) in [4.78, 5) is 51.3. The van der Waals surface area contributed by atoms with Crippen LogP contribution in [0.3, 0.4) is 0 Å². The van der Waals surface area contributed by atoms with Crippen LogP contribution < -0.4 is 10.6 Å². The summed E-state index contributed by atoms with van der Waals surface area (Å²) >= 11 is 0. The zero-order chi connectivity index (χ0) is 48.5. The van der Waals surface area contributed by atoms with Crippen molar-refractivity contribution in [3.63, 3.8) is 0 Å². The second-order valence-electron chi connectivity index (χ2n) is 15.0. The Balaban J connectivity index is 1.06. The van der Waals surface area contributed by atoms with Gasteiger partial charge in [-0.25, -0.2) is 43.2 Å². The number of phosphoric ester groups is 1. The lowest BCUT2D eigenvalue weighted by Crippen LogP contribution is -2.43. The van der Waals surface area contributed by atoms with Crippen LogP contribution in [0, 0.1) is 22.7 Å². The Labute approximate surface area is 390 Å². The maximum atomic E-state index is 17.1. The van der Waals surface area contributed by atoms with Gasteiger partial charge in [-0.15, -0.1) is 6.58 Å². The highest BCUT2D eigenvalue weighted by molar-refractivity contribution is 7.48. The molecule has 8 rings (SSSR count). The van der Waals surface area contributed by atoms with E-state index in [9.17, 15) is 24.5 Å². The molecule has 4 aromatic heterocycles. The molecule has 3 N–H and O–H groups in total. The number of benzene rings is 2. The molecule has 0 saturated carbocycles. The highest BCUT2D eigenvalue weighted by Crippen LogP contribution is 2.54. The number of rotatable bonds is 21. The minimum atomic E-state index is -4.71. The summed E-state index contributed by atoms with van der Waals surface area (Å²) in [5.41, 5.74) is 0.808. The van der Waals surface area contributed by atoms with Gasteiger partial charge < -0.3 is 34.7 Å². The number of amides is 2. The number of hydrogen-bond donors (Lipinski definition) is 3. The predicted octanol–water partition coefficient (Wildman–Crippen LogP) is 4.90. The number of carbonyl (C=O) groups excluding carboxylic acids is 2. The molecule has 10 atom stereocenters. The second-order valence-corrected chi connectivity index (χ2v) is 16.6. The number of nitrogens with zero attached hydrogens (tertiary/aromatic N) is 10. The minimum absolute atomic E-state index is 0.000837. The number of aromatic nitrogens is 8. The maximum absolute atomic E-state index is 17.1. The van der Waals surface area contributed by atoms with Crippen LogP contribution in [-0.4, -0.2) is 125 Å². The van der Waals surface area contributed by atoms with Crippen molar-refractivity contribution in [1.82, 2.24) is 39.0 Å². The molecule has 2 amide bonds. The molecular formula is C43H41F2N12O11P. The van der Waals surface area contributed by atoms with Gasteiger partial charge in [0.2, 0.25) is 0 Å². The molecule has 358 valence electrons. The fraction of sp³-hybridized carbons (Fsp3) is 0.349. The van der Waals surface area contributed by atoms with Crippen LogP contribution in [0.25, 0.3) is 22.3 Å². The number of carbonyl (C=O) groups is 2. The fourth-order valence-electron chi connectivity index (χ4n) is 7.33. The monoisotopic (exact) mass is 970 g/mol. The molecule has 2 aliphatic rings. The van der Waals surface area contributed by atoms with E-state index in [-0.39, 0.29) is 60.0 Å². The Kier molecular flexibility index (Phi) is 15.4. The highest BCUT2D eigenvalue weighted by atomic mass is 31.2. The number of ether oxygens (including phenoxy) is 4. The number of nitriles is 2. The molecule has 2 unspecified atom stereocenters. The first-order valence-electron chi connectivity index (χ1n) is 21.0. The van der Waals surface area contributed by atoms with Crippen LogP contribution in [-0.2, 0) is 37.1 Å². The van der Waals surface area contributed by atoms with E-state index in [2.05, 4.69) is 47.1 Å². The van der Waals surface area contributed by atoms with Gasteiger partial charge in [0.05, 0.1) is 64.1 Å². The molecule has 0 aliphatic carbocycles. The first-order chi connectivity index (χ1) is 33.5. The lowest BCUT2D eigenvalue weighted by atomic mass is 10.1. The zero-order valence-electron chi connectivity index (χ0n) is 36.0. The van der Waals surface area contributed by atoms with E-state index in [1.165, 1.54) is 27.9 Å². The number of aliphatic hydroxyl groups is 1. The Bertz CT molecular complexity index is 2910. The summed E-state index contributed by atoms with van der Waals surface area (Å²) in [7, 11) is -4.71. The average molecular weight is 971 g/mol. The fourth-order valence-corrected chi connectivity index (χ4v) is 8.68. The molecule has 2 fully saturated rings. The molecule has 23 nitrogen and oxygen atoms in total. The van der Waals surface area contributed by atoms with E-state index in [0.29, 0.717) is 11.1 Å². The van der Waals surface area contributed by atoms with Gasteiger partial charge in [-0.3, -0.25) is 32.3 Å². The molecule has 2 aliphatic heterocycles. The van der Waals surface area contributed by atoms with Crippen molar-refractivity contribution in [2.24, 2.45) is 0 Å². The van der Waals surface area contributed by atoms with Gasteiger partial charge in [0, 0.05) is 11.1 Å². The van der Waals surface area contributed by atoms with E-state index in [1.54, 1.807) is 60.7 Å². The molecule has 0 bridgehead atoms. The Hall–Kier alpha value is -7.03. The number of alkyl halides is 2. The summed E-state index contributed by atoms with van der Waals surface area (Å²) in [6.45, 7) is 1.73. The number of fused-ring (bicyclic) bond motifs is 2. The molecule has 6 aromatic rings. The third-order valence-electron chi connectivity index (χ3n) is 10.6. The normalized spacial score (nSPS) is 23.5. The van der Waals surface area contributed by atoms with Crippen molar-refractivity contribution < 1.29 is 60.6 Å². The lowest BCUT2D eigenvalue weighted by molar-refractivity contribution is -0.232. The first kappa shape index (κ1) is 48.4.